The maximum atomic E-state index is 6.28. The lowest BCUT2D eigenvalue weighted by atomic mass is 10.0. The topological polar surface area (TPSA) is 48.1 Å². The minimum Gasteiger partial charge on any atom is -0.487 e. The van der Waals surface area contributed by atoms with Gasteiger partial charge in [-0.2, -0.15) is 0 Å². The van der Waals surface area contributed by atoms with Gasteiger partial charge in [-0.25, -0.2) is 0 Å². The molecule has 5 heteroatoms. The van der Waals surface area contributed by atoms with Gasteiger partial charge in [0, 0.05) is 27.3 Å². The third-order valence-corrected chi connectivity index (χ3v) is 4.05. The largest absolute Gasteiger partial charge is 0.487 e. The van der Waals surface area contributed by atoms with E-state index in [4.69, 9.17) is 22.1 Å². The molecule has 1 atom stereocenters. The quantitative estimate of drug-likeness (QED) is 0.823. The summed E-state index contributed by atoms with van der Waals surface area (Å²) in [6.45, 7) is 2.47. The molecule has 0 saturated heterocycles. The highest BCUT2D eigenvalue weighted by Crippen LogP contribution is 2.28. The average Bonchev–Trinajstić information content (AvgIpc) is 2.49. The van der Waals surface area contributed by atoms with Gasteiger partial charge in [0.1, 0.15) is 12.4 Å². The smallest absolute Gasteiger partial charge is 0.130 e. The first-order chi connectivity index (χ1) is 10.1. The van der Waals surface area contributed by atoms with E-state index in [0.29, 0.717) is 18.1 Å². The van der Waals surface area contributed by atoms with Crippen molar-refractivity contribution in [2.24, 2.45) is 5.73 Å². The lowest BCUT2D eigenvalue weighted by Crippen LogP contribution is -2.22. The highest BCUT2D eigenvalue weighted by molar-refractivity contribution is 9.10. The molecule has 21 heavy (non-hydrogen) atoms. The Balaban J connectivity index is 2.12. The van der Waals surface area contributed by atoms with Crippen LogP contribution in [-0.4, -0.2) is 11.0 Å². The van der Waals surface area contributed by atoms with Crippen LogP contribution in [0.15, 0.2) is 41.0 Å². The fourth-order valence-corrected chi connectivity index (χ4v) is 2.40. The number of aromatic nitrogens is 1. The Morgan fingerprint density at radius 3 is 2.81 bits per heavy atom. The summed E-state index contributed by atoms with van der Waals surface area (Å²) in [6.07, 6.45) is 3.36. The Morgan fingerprint density at radius 2 is 2.14 bits per heavy atom. The number of hydrogen-bond acceptors (Lipinski definition) is 3. The number of halogens is 2. The van der Waals surface area contributed by atoms with Gasteiger partial charge in [-0.05, 0) is 53.0 Å². The maximum Gasteiger partial charge on any atom is 0.130 e. The molecule has 3 nitrogen and oxygen atoms in total. The fourth-order valence-electron chi connectivity index (χ4n) is 1.92. The molecule has 1 unspecified atom stereocenters. The Morgan fingerprint density at radius 1 is 1.33 bits per heavy atom. The van der Waals surface area contributed by atoms with Gasteiger partial charge in [0.15, 0.2) is 0 Å². The van der Waals surface area contributed by atoms with E-state index in [1.807, 2.05) is 30.3 Å². The molecule has 0 bridgehead atoms. The predicted molar refractivity (Wildman–Crippen MR) is 89.7 cm³/mol. The lowest BCUT2D eigenvalue weighted by molar-refractivity contribution is 0.297. The summed E-state index contributed by atoms with van der Waals surface area (Å²) in [5.74, 6) is 0.774. The molecule has 1 aromatic heterocycles. The molecule has 2 N–H and O–H groups in total. The first-order valence-corrected chi connectivity index (χ1v) is 8.03. The minimum atomic E-state index is 0.0815. The fraction of sp³-hybridized carbons (Fsp3) is 0.312. The van der Waals surface area contributed by atoms with Crippen molar-refractivity contribution in [2.75, 3.05) is 0 Å². The van der Waals surface area contributed by atoms with E-state index < -0.39 is 0 Å². The second-order valence-corrected chi connectivity index (χ2v) is 6.17. The van der Waals surface area contributed by atoms with Crippen LogP contribution in [0.3, 0.4) is 0 Å². The van der Waals surface area contributed by atoms with Gasteiger partial charge in [0.05, 0.1) is 5.69 Å². The first-order valence-electron chi connectivity index (χ1n) is 6.86. The van der Waals surface area contributed by atoms with Crippen molar-refractivity contribution < 1.29 is 4.74 Å². The van der Waals surface area contributed by atoms with E-state index >= 15 is 0 Å². The van der Waals surface area contributed by atoms with Gasteiger partial charge in [-0.3, -0.25) is 4.98 Å². The van der Waals surface area contributed by atoms with Crippen LogP contribution in [0.1, 0.15) is 24.6 Å². The van der Waals surface area contributed by atoms with Crippen LogP contribution in [0.25, 0.3) is 0 Å². The molecule has 0 saturated carbocycles. The second kappa shape index (κ2) is 7.78. The van der Waals surface area contributed by atoms with Gasteiger partial charge < -0.3 is 10.5 Å². The van der Waals surface area contributed by atoms with Gasteiger partial charge in [0.2, 0.25) is 0 Å². The molecule has 1 aromatic carbocycles. The molecule has 0 aliphatic heterocycles. The van der Waals surface area contributed by atoms with Crippen molar-refractivity contribution in [3.05, 3.63) is 57.3 Å². The SMILES string of the molecule is CCC(N)Cc1c(Cl)cccc1OCc1ccc(Br)cn1. The zero-order valence-electron chi connectivity index (χ0n) is 11.9. The summed E-state index contributed by atoms with van der Waals surface area (Å²) < 4.78 is 6.82. The zero-order chi connectivity index (χ0) is 15.2. The Bertz CT molecular complexity index is 589. The number of ether oxygens (including phenoxy) is 1. The van der Waals surface area contributed by atoms with E-state index in [1.165, 1.54) is 0 Å². The summed E-state index contributed by atoms with van der Waals surface area (Å²) in [4.78, 5) is 4.29. The second-order valence-electron chi connectivity index (χ2n) is 4.85. The summed E-state index contributed by atoms with van der Waals surface area (Å²) in [6, 6.07) is 9.61. The van der Waals surface area contributed by atoms with Crippen molar-refractivity contribution in [1.29, 1.82) is 0 Å². The molecule has 2 rings (SSSR count). The van der Waals surface area contributed by atoms with Gasteiger partial charge in [-0.15, -0.1) is 0 Å². The lowest BCUT2D eigenvalue weighted by Gasteiger charge is -2.15. The molecule has 1 heterocycles. The third-order valence-electron chi connectivity index (χ3n) is 3.23. The van der Waals surface area contributed by atoms with Crippen molar-refractivity contribution in [3.63, 3.8) is 0 Å². The van der Waals surface area contributed by atoms with Crippen LogP contribution in [0, 0.1) is 0 Å². The first kappa shape index (κ1) is 16.3. The molecular weight excluding hydrogens is 352 g/mol. The van der Waals surface area contributed by atoms with Crippen LogP contribution < -0.4 is 10.5 Å². The number of hydrogen-bond donors (Lipinski definition) is 1. The van der Waals surface area contributed by atoms with E-state index in [9.17, 15) is 0 Å². The molecule has 0 radical (unpaired) electrons. The minimum absolute atomic E-state index is 0.0815. The average molecular weight is 370 g/mol. The molecule has 0 amide bonds. The van der Waals surface area contributed by atoms with Gasteiger partial charge in [-0.1, -0.05) is 24.6 Å². The number of benzene rings is 1. The Kier molecular flexibility index (Phi) is 6.03. The van der Waals surface area contributed by atoms with Crippen LogP contribution >= 0.6 is 27.5 Å². The third kappa shape index (κ3) is 4.70. The van der Waals surface area contributed by atoms with E-state index in [1.54, 1.807) is 6.20 Å². The predicted octanol–water partition coefficient (Wildman–Crippen LogP) is 4.36. The van der Waals surface area contributed by atoms with Gasteiger partial charge in [0.25, 0.3) is 0 Å². The summed E-state index contributed by atoms with van der Waals surface area (Å²) in [5.41, 5.74) is 7.86. The van der Waals surface area contributed by atoms with Gasteiger partial charge >= 0.3 is 0 Å². The molecule has 0 aliphatic carbocycles. The monoisotopic (exact) mass is 368 g/mol. The van der Waals surface area contributed by atoms with Crippen molar-refractivity contribution in [3.8, 4) is 5.75 Å². The standard InChI is InChI=1S/C16H18BrClN2O/c1-2-12(19)8-14-15(18)4-3-5-16(14)21-10-13-7-6-11(17)9-20-13/h3-7,9,12H,2,8,10,19H2,1H3. The normalized spacial score (nSPS) is 12.2. The summed E-state index contributed by atoms with van der Waals surface area (Å²) >= 11 is 9.64. The number of nitrogens with zero attached hydrogens (tertiary/aromatic N) is 1. The van der Waals surface area contributed by atoms with E-state index in [-0.39, 0.29) is 6.04 Å². The molecule has 0 fully saturated rings. The Labute approximate surface area is 138 Å². The zero-order valence-corrected chi connectivity index (χ0v) is 14.2. The van der Waals surface area contributed by atoms with E-state index in [2.05, 4.69) is 27.8 Å². The van der Waals surface area contributed by atoms with Crippen LogP contribution in [-0.2, 0) is 13.0 Å². The van der Waals surface area contributed by atoms with Crippen molar-refractivity contribution >= 4 is 27.5 Å². The molecule has 2 aromatic rings. The Hall–Kier alpha value is -1.10. The molecular formula is C16H18BrClN2O. The highest BCUT2D eigenvalue weighted by Gasteiger charge is 2.12. The number of pyridine rings is 1. The molecule has 0 aliphatic rings. The van der Waals surface area contributed by atoms with Crippen molar-refractivity contribution in [1.82, 2.24) is 4.98 Å². The molecule has 0 spiro atoms. The van der Waals surface area contributed by atoms with Crippen LogP contribution in [0.4, 0.5) is 0 Å². The molecule has 112 valence electrons. The number of nitrogens with two attached hydrogens (primary N) is 1. The van der Waals surface area contributed by atoms with Crippen LogP contribution in [0.5, 0.6) is 5.75 Å². The summed E-state index contributed by atoms with van der Waals surface area (Å²) in [7, 11) is 0. The number of rotatable bonds is 6. The summed E-state index contributed by atoms with van der Waals surface area (Å²) in [5, 5.41) is 0.695. The van der Waals surface area contributed by atoms with Crippen molar-refractivity contribution in [2.45, 2.75) is 32.4 Å². The highest BCUT2D eigenvalue weighted by atomic mass is 79.9. The van der Waals surface area contributed by atoms with E-state index in [0.717, 1.165) is 27.9 Å². The van der Waals surface area contributed by atoms with Crippen LogP contribution in [0.2, 0.25) is 5.02 Å². The maximum absolute atomic E-state index is 6.28.